The van der Waals surface area contributed by atoms with Crippen LogP contribution in [0.4, 0.5) is 0 Å². The van der Waals surface area contributed by atoms with Crippen LogP contribution in [0.2, 0.25) is 0 Å². The van der Waals surface area contributed by atoms with Crippen molar-refractivity contribution in [2.75, 3.05) is 6.61 Å². The fraction of sp³-hybridized carbons (Fsp3) is 0.500. The highest BCUT2D eigenvalue weighted by molar-refractivity contribution is 5.86. The van der Waals surface area contributed by atoms with Crippen LogP contribution in [-0.4, -0.2) is 68.9 Å². The molecule has 1 aliphatic heterocycles. The van der Waals surface area contributed by atoms with Gasteiger partial charge in [0, 0.05) is 6.07 Å². The van der Waals surface area contributed by atoms with Gasteiger partial charge in [-0.05, 0) is 26.0 Å². The fourth-order valence-electron chi connectivity index (χ4n) is 2.86. The minimum atomic E-state index is -1.59. The molecule has 0 amide bonds. The molecule has 1 aliphatic rings. The fourth-order valence-corrected chi connectivity index (χ4v) is 2.86. The van der Waals surface area contributed by atoms with Gasteiger partial charge >= 0.3 is 5.63 Å². The smallest absolute Gasteiger partial charge is 0.383 e. The second-order valence-corrected chi connectivity index (χ2v) is 6.71. The number of fused-ring (bicyclic) bond motifs is 1. The van der Waals surface area contributed by atoms with Crippen LogP contribution < -0.4 is 15.1 Å². The monoisotopic (exact) mass is 398 g/mol. The second kappa shape index (κ2) is 7.94. The number of aliphatic hydroxyl groups is 4. The van der Waals surface area contributed by atoms with Gasteiger partial charge in [-0.2, -0.15) is 0 Å². The Bertz CT molecular complexity index is 890. The molecule has 28 heavy (non-hydrogen) atoms. The van der Waals surface area contributed by atoms with Gasteiger partial charge in [0.05, 0.1) is 18.1 Å². The third-order valence-electron chi connectivity index (χ3n) is 4.27. The molecule has 5 N–H and O–H groups in total. The summed E-state index contributed by atoms with van der Waals surface area (Å²) in [7, 11) is 0. The molecule has 154 valence electrons. The molecule has 1 saturated heterocycles. The Morgan fingerprint density at radius 1 is 1.14 bits per heavy atom. The minimum absolute atomic E-state index is 0.000645. The van der Waals surface area contributed by atoms with Crippen LogP contribution in [0.5, 0.6) is 17.2 Å². The first-order valence-corrected chi connectivity index (χ1v) is 8.66. The zero-order valence-corrected chi connectivity index (χ0v) is 15.2. The minimum Gasteiger partial charge on any atom is -0.504 e. The molecule has 2 heterocycles. The molecule has 1 aromatic heterocycles. The standard InChI is InChI=1S/C18H22O10/c1-7(2)25-16-12(20)9-4-3-8(5-10(9)27-17(16)24)26-18-15(23)14(22)13(21)11(6-19)28-18/h3-5,7,11,13-15,18-23H,6H2,1-2H3/t11-,13-,14+,15+,18-/m1/s1. The Labute approximate surface area is 159 Å². The summed E-state index contributed by atoms with van der Waals surface area (Å²) in [5, 5.41) is 49.3. The first-order chi connectivity index (χ1) is 13.2. The highest BCUT2D eigenvalue weighted by Crippen LogP contribution is 2.34. The van der Waals surface area contributed by atoms with E-state index in [0.29, 0.717) is 0 Å². The third-order valence-corrected chi connectivity index (χ3v) is 4.27. The number of rotatable bonds is 5. The number of hydrogen-bond acceptors (Lipinski definition) is 10. The van der Waals surface area contributed by atoms with Crippen molar-refractivity contribution in [1.82, 2.24) is 0 Å². The van der Waals surface area contributed by atoms with E-state index >= 15 is 0 Å². The van der Waals surface area contributed by atoms with Gasteiger partial charge in [0.25, 0.3) is 0 Å². The zero-order valence-electron chi connectivity index (χ0n) is 15.2. The molecule has 0 radical (unpaired) electrons. The maximum atomic E-state index is 12.1. The zero-order chi connectivity index (χ0) is 20.6. The lowest BCUT2D eigenvalue weighted by Gasteiger charge is -2.39. The topological polar surface area (TPSA) is 159 Å². The van der Waals surface area contributed by atoms with Crippen molar-refractivity contribution >= 4 is 11.0 Å². The molecule has 1 aromatic carbocycles. The Balaban J connectivity index is 1.89. The number of ether oxygens (including phenoxy) is 3. The molecule has 5 atom stereocenters. The lowest BCUT2D eigenvalue weighted by Crippen LogP contribution is -2.60. The van der Waals surface area contributed by atoms with Crippen molar-refractivity contribution in [3.63, 3.8) is 0 Å². The third kappa shape index (κ3) is 3.77. The number of aliphatic hydroxyl groups excluding tert-OH is 4. The lowest BCUT2D eigenvalue weighted by atomic mass is 9.99. The maximum Gasteiger partial charge on any atom is 0.383 e. The average molecular weight is 398 g/mol. The highest BCUT2D eigenvalue weighted by Gasteiger charge is 2.44. The van der Waals surface area contributed by atoms with Crippen LogP contribution in [0.15, 0.2) is 27.4 Å². The van der Waals surface area contributed by atoms with Crippen LogP contribution in [0.3, 0.4) is 0 Å². The second-order valence-electron chi connectivity index (χ2n) is 6.71. The molecule has 0 saturated carbocycles. The predicted octanol–water partition coefficient (Wildman–Crippen LogP) is -0.536. The van der Waals surface area contributed by atoms with E-state index in [2.05, 4.69) is 0 Å². The van der Waals surface area contributed by atoms with E-state index < -0.39 is 42.9 Å². The van der Waals surface area contributed by atoms with Gasteiger partial charge in [0.1, 0.15) is 35.7 Å². The molecule has 0 spiro atoms. The van der Waals surface area contributed by atoms with Crippen molar-refractivity contribution in [2.24, 2.45) is 0 Å². The predicted molar refractivity (Wildman–Crippen MR) is 94.3 cm³/mol. The highest BCUT2D eigenvalue weighted by atomic mass is 16.7. The van der Waals surface area contributed by atoms with Crippen LogP contribution in [0.25, 0.3) is 11.0 Å². The van der Waals surface area contributed by atoms with E-state index in [4.69, 9.17) is 18.6 Å². The van der Waals surface area contributed by atoms with Crippen molar-refractivity contribution < 1.29 is 44.2 Å². The van der Waals surface area contributed by atoms with E-state index in [9.17, 15) is 30.3 Å². The Morgan fingerprint density at radius 2 is 1.86 bits per heavy atom. The summed E-state index contributed by atoms with van der Waals surface area (Å²) < 4.78 is 21.2. The molecular formula is C18H22O10. The summed E-state index contributed by atoms with van der Waals surface area (Å²) >= 11 is 0. The Morgan fingerprint density at radius 3 is 2.50 bits per heavy atom. The number of hydrogen-bond donors (Lipinski definition) is 5. The van der Waals surface area contributed by atoms with Gasteiger partial charge in [-0.25, -0.2) is 4.79 Å². The van der Waals surface area contributed by atoms with E-state index in [1.54, 1.807) is 13.8 Å². The largest absolute Gasteiger partial charge is 0.504 e. The summed E-state index contributed by atoms with van der Waals surface area (Å²) in [5.41, 5.74) is -0.871. The lowest BCUT2D eigenvalue weighted by molar-refractivity contribution is -0.277. The molecule has 0 bridgehead atoms. The van der Waals surface area contributed by atoms with Crippen LogP contribution in [0.1, 0.15) is 13.8 Å². The Hall–Kier alpha value is -2.37. The van der Waals surface area contributed by atoms with Gasteiger partial charge in [0.15, 0.2) is 5.75 Å². The van der Waals surface area contributed by atoms with E-state index in [-0.39, 0.29) is 34.3 Å². The Kier molecular flexibility index (Phi) is 5.77. The van der Waals surface area contributed by atoms with Gasteiger partial charge < -0.3 is 44.2 Å². The molecule has 10 heteroatoms. The number of aromatic hydroxyl groups is 1. The first kappa shape index (κ1) is 20.4. The van der Waals surface area contributed by atoms with Gasteiger partial charge in [0.2, 0.25) is 12.0 Å². The maximum absolute atomic E-state index is 12.1. The molecule has 0 unspecified atom stereocenters. The molecule has 0 aliphatic carbocycles. The summed E-state index contributed by atoms with van der Waals surface area (Å²) in [6.07, 6.45) is -7.55. The van der Waals surface area contributed by atoms with E-state index in [1.165, 1.54) is 18.2 Å². The molecule has 10 nitrogen and oxygen atoms in total. The quantitative estimate of drug-likeness (QED) is 0.414. The summed E-state index contributed by atoms with van der Waals surface area (Å²) in [6, 6.07) is 4.12. The molecule has 2 aromatic rings. The van der Waals surface area contributed by atoms with E-state index in [1.807, 2.05) is 0 Å². The van der Waals surface area contributed by atoms with Crippen LogP contribution in [0, 0.1) is 0 Å². The van der Waals surface area contributed by atoms with Crippen molar-refractivity contribution in [3.05, 3.63) is 28.6 Å². The molecular weight excluding hydrogens is 376 g/mol. The molecule has 1 fully saturated rings. The summed E-state index contributed by atoms with van der Waals surface area (Å²) in [6.45, 7) is 2.80. The van der Waals surface area contributed by atoms with Gasteiger partial charge in [-0.15, -0.1) is 0 Å². The van der Waals surface area contributed by atoms with Crippen LogP contribution >= 0.6 is 0 Å². The molecule has 3 rings (SSSR count). The SMILES string of the molecule is CC(C)Oc1c(O)c2ccc(O[C@@H]3O[C@H](CO)[C@@H](O)[C@H](O)[C@@H]3O)cc2oc1=O. The first-order valence-electron chi connectivity index (χ1n) is 8.66. The summed E-state index contributed by atoms with van der Waals surface area (Å²) in [5.74, 6) is -0.582. The normalized spacial score (nSPS) is 27.9. The van der Waals surface area contributed by atoms with Crippen molar-refractivity contribution in [1.29, 1.82) is 0 Å². The van der Waals surface area contributed by atoms with E-state index in [0.717, 1.165) is 0 Å². The van der Waals surface area contributed by atoms with Gasteiger partial charge in [-0.1, -0.05) is 0 Å². The van der Waals surface area contributed by atoms with Gasteiger partial charge in [-0.3, -0.25) is 0 Å². The van der Waals surface area contributed by atoms with Crippen LogP contribution in [-0.2, 0) is 4.74 Å². The van der Waals surface area contributed by atoms with Crippen molar-refractivity contribution in [3.8, 4) is 17.2 Å². The average Bonchev–Trinajstić information content (AvgIpc) is 2.65. The summed E-state index contributed by atoms with van der Waals surface area (Å²) in [4.78, 5) is 12.1. The van der Waals surface area contributed by atoms with Crippen molar-refractivity contribution in [2.45, 2.75) is 50.7 Å². The number of benzene rings is 1.